The van der Waals surface area contributed by atoms with E-state index in [1.54, 1.807) is 7.11 Å². The highest BCUT2D eigenvalue weighted by atomic mass is 16.5. The van der Waals surface area contributed by atoms with Crippen LogP contribution >= 0.6 is 0 Å². The summed E-state index contributed by atoms with van der Waals surface area (Å²) < 4.78 is 5.50. The van der Waals surface area contributed by atoms with E-state index < -0.39 is 11.0 Å². The number of carbonyl (C=O) groups excluding carboxylic acids is 1. The van der Waals surface area contributed by atoms with Gasteiger partial charge in [0.15, 0.2) is 0 Å². The Hall–Kier alpha value is -1.59. The lowest BCUT2D eigenvalue weighted by Crippen LogP contribution is -2.72. The molecule has 4 aliphatic rings. The molecule has 5 nitrogen and oxygen atoms in total. The van der Waals surface area contributed by atoms with Gasteiger partial charge in [0.2, 0.25) is 5.91 Å². The van der Waals surface area contributed by atoms with Crippen molar-refractivity contribution in [3.63, 3.8) is 0 Å². The Morgan fingerprint density at radius 1 is 1.37 bits per heavy atom. The van der Waals surface area contributed by atoms with Gasteiger partial charge in [-0.3, -0.25) is 9.69 Å². The van der Waals surface area contributed by atoms with Gasteiger partial charge in [-0.05, 0) is 74.8 Å². The summed E-state index contributed by atoms with van der Waals surface area (Å²) in [6, 6.07) is 6.31. The van der Waals surface area contributed by atoms with Crippen LogP contribution in [-0.4, -0.2) is 53.8 Å². The molecule has 5 rings (SSSR count). The Morgan fingerprint density at radius 2 is 2.19 bits per heavy atom. The second-order valence-corrected chi connectivity index (χ2v) is 9.29. The molecule has 4 unspecified atom stereocenters. The van der Waals surface area contributed by atoms with E-state index in [1.807, 2.05) is 13.0 Å². The standard InChI is InChI=1S/C22H30N2O3/c1-14-11-22(26)19-9-16-5-6-17(27-2)10-18(16)21(22,12-20(25)23-14)7-8-24(19)13-15-3-4-15/h5-6,10,14-15,19,26H,3-4,7-9,11-13H2,1-2H3,(H,23,25). The molecule has 3 fully saturated rings. The first-order valence-electron chi connectivity index (χ1n) is 10.4. The number of carbonyl (C=O) groups is 1. The van der Waals surface area contributed by atoms with Gasteiger partial charge in [-0.25, -0.2) is 0 Å². The maximum absolute atomic E-state index is 12.8. The molecule has 1 aromatic carbocycles. The average molecular weight is 370 g/mol. The maximum Gasteiger partial charge on any atom is 0.221 e. The van der Waals surface area contributed by atoms with Gasteiger partial charge >= 0.3 is 0 Å². The monoisotopic (exact) mass is 370 g/mol. The van der Waals surface area contributed by atoms with Crippen molar-refractivity contribution in [3.05, 3.63) is 29.3 Å². The van der Waals surface area contributed by atoms with Crippen molar-refractivity contribution in [2.24, 2.45) is 5.92 Å². The van der Waals surface area contributed by atoms with Crippen LogP contribution in [0.5, 0.6) is 5.75 Å². The van der Waals surface area contributed by atoms with E-state index in [2.05, 4.69) is 22.3 Å². The first-order chi connectivity index (χ1) is 12.9. The Balaban J connectivity index is 1.67. The molecule has 0 radical (unpaired) electrons. The predicted octanol–water partition coefficient (Wildman–Crippen LogP) is 2.00. The zero-order valence-corrected chi connectivity index (χ0v) is 16.3. The minimum absolute atomic E-state index is 0.0140. The number of methoxy groups -OCH3 is 1. The predicted molar refractivity (Wildman–Crippen MR) is 103 cm³/mol. The number of piperidine rings is 1. The number of fused-ring (bicyclic) bond motifs is 1. The molecule has 2 aliphatic carbocycles. The van der Waals surface area contributed by atoms with E-state index in [-0.39, 0.29) is 18.0 Å². The number of nitrogens with one attached hydrogen (secondary N) is 1. The van der Waals surface area contributed by atoms with Crippen molar-refractivity contribution in [2.45, 2.75) is 68.5 Å². The number of rotatable bonds is 3. The number of hydrogen-bond donors (Lipinski definition) is 2. The summed E-state index contributed by atoms with van der Waals surface area (Å²) in [5.74, 6) is 1.66. The summed E-state index contributed by atoms with van der Waals surface area (Å²) in [5.41, 5.74) is 0.997. The zero-order chi connectivity index (χ0) is 18.8. The number of hydrogen-bond acceptors (Lipinski definition) is 4. The normalized spacial score (nSPS) is 38.4. The van der Waals surface area contributed by atoms with Gasteiger partial charge < -0.3 is 15.2 Å². The third-order valence-corrected chi connectivity index (χ3v) is 7.57. The van der Waals surface area contributed by atoms with Gasteiger partial charge in [0.25, 0.3) is 0 Å². The molecule has 27 heavy (non-hydrogen) atoms. The van der Waals surface area contributed by atoms with Gasteiger partial charge in [-0.15, -0.1) is 0 Å². The van der Waals surface area contributed by atoms with Crippen LogP contribution < -0.4 is 10.1 Å². The first-order valence-corrected chi connectivity index (χ1v) is 10.4. The smallest absolute Gasteiger partial charge is 0.221 e. The highest BCUT2D eigenvalue weighted by Crippen LogP contribution is 2.56. The number of benzene rings is 1. The molecule has 2 heterocycles. The lowest BCUT2D eigenvalue weighted by molar-refractivity contribution is -0.155. The quantitative estimate of drug-likeness (QED) is 0.854. The van der Waals surface area contributed by atoms with Crippen LogP contribution in [0.1, 0.15) is 50.2 Å². The van der Waals surface area contributed by atoms with Crippen molar-refractivity contribution in [1.29, 1.82) is 0 Å². The maximum atomic E-state index is 12.8. The molecule has 5 heteroatoms. The molecule has 1 aromatic rings. The minimum Gasteiger partial charge on any atom is -0.497 e. The highest BCUT2D eigenvalue weighted by Gasteiger charge is 2.64. The molecule has 2 saturated heterocycles. The van der Waals surface area contributed by atoms with Crippen molar-refractivity contribution in [1.82, 2.24) is 10.2 Å². The fourth-order valence-corrected chi connectivity index (χ4v) is 6.14. The third kappa shape index (κ3) is 2.54. The molecule has 1 saturated carbocycles. The lowest BCUT2D eigenvalue weighted by atomic mass is 9.52. The second kappa shape index (κ2) is 5.95. The third-order valence-electron chi connectivity index (χ3n) is 7.57. The Kier molecular flexibility index (Phi) is 3.86. The molecule has 2 aliphatic heterocycles. The topological polar surface area (TPSA) is 61.8 Å². The van der Waals surface area contributed by atoms with Gasteiger partial charge in [0.1, 0.15) is 5.75 Å². The van der Waals surface area contributed by atoms with Crippen LogP contribution in [0.15, 0.2) is 18.2 Å². The van der Waals surface area contributed by atoms with Crippen LogP contribution in [0.2, 0.25) is 0 Å². The zero-order valence-electron chi connectivity index (χ0n) is 16.3. The molecular formula is C22H30N2O3. The lowest BCUT2D eigenvalue weighted by Gasteiger charge is -2.61. The molecule has 2 N–H and O–H groups in total. The van der Waals surface area contributed by atoms with Crippen LogP contribution in [0, 0.1) is 5.92 Å². The summed E-state index contributed by atoms with van der Waals surface area (Å²) in [4.78, 5) is 15.3. The van der Waals surface area contributed by atoms with Crippen LogP contribution in [0.4, 0.5) is 0 Å². The van der Waals surface area contributed by atoms with Gasteiger partial charge in [-0.1, -0.05) is 6.07 Å². The number of ether oxygens (including phenoxy) is 1. The summed E-state index contributed by atoms with van der Waals surface area (Å²) in [5, 5.41) is 15.4. The van der Waals surface area contributed by atoms with E-state index >= 15 is 0 Å². The molecule has 4 atom stereocenters. The van der Waals surface area contributed by atoms with Crippen molar-refractivity contribution < 1.29 is 14.6 Å². The Labute approximate surface area is 161 Å². The van der Waals surface area contributed by atoms with E-state index in [0.717, 1.165) is 43.2 Å². The highest BCUT2D eigenvalue weighted by molar-refractivity contribution is 5.79. The molecule has 146 valence electrons. The molecular weight excluding hydrogens is 340 g/mol. The van der Waals surface area contributed by atoms with Crippen molar-refractivity contribution in [2.75, 3.05) is 20.2 Å². The van der Waals surface area contributed by atoms with E-state index in [1.165, 1.54) is 18.4 Å². The molecule has 1 amide bonds. The van der Waals surface area contributed by atoms with Gasteiger partial charge in [0, 0.05) is 30.5 Å². The summed E-state index contributed by atoms with van der Waals surface area (Å²) in [6.07, 6.45) is 5.29. The molecule has 0 spiro atoms. The van der Waals surface area contributed by atoms with E-state index in [9.17, 15) is 9.90 Å². The number of likely N-dealkylation sites (tertiary alicyclic amines) is 1. The van der Waals surface area contributed by atoms with Gasteiger partial charge in [0.05, 0.1) is 12.7 Å². The first kappa shape index (κ1) is 17.5. The van der Waals surface area contributed by atoms with E-state index in [0.29, 0.717) is 12.8 Å². The van der Waals surface area contributed by atoms with Crippen LogP contribution in [0.3, 0.4) is 0 Å². The van der Waals surface area contributed by atoms with E-state index in [4.69, 9.17) is 4.74 Å². The summed E-state index contributed by atoms with van der Waals surface area (Å²) in [6.45, 7) is 4.07. The number of nitrogens with zero attached hydrogens (tertiary/aromatic N) is 1. The summed E-state index contributed by atoms with van der Waals surface area (Å²) in [7, 11) is 1.68. The SMILES string of the molecule is COc1ccc2c(c1)C13CCN(CC4CC4)C(C2)C1(O)CC(C)NC(=O)C3. The van der Waals surface area contributed by atoms with Crippen molar-refractivity contribution >= 4 is 5.91 Å². The van der Waals surface area contributed by atoms with Crippen molar-refractivity contribution in [3.8, 4) is 5.75 Å². The minimum atomic E-state index is -0.891. The average Bonchev–Trinajstić information content (AvgIpc) is 3.43. The molecule has 2 bridgehead atoms. The van der Waals surface area contributed by atoms with Crippen LogP contribution in [-0.2, 0) is 16.6 Å². The Bertz CT molecular complexity index is 777. The Morgan fingerprint density at radius 3 is 2.93 bits per heavy atom. The largest absolute Gasteiger partial charge is 0.497 e. The second-order valence-electron chi connectivity index (χ2n) is 9.29. The number of amides is 1. The summed E-state index contributed by atoms with van der Waals surface area (Å²) >= 11 is 0. The van der Waals surface area contributed by atoms with Gasteiger partial charge in [-0.2, -0.15) is 0 Å². The van der Waals surface area contributed by atoms with Crippen LogP contribution in [0.25, 0.3) is 0 Å². The number of aliphatic hydroxyl groups is 1. The fourth-order valence-electron chi connectivity index (χ4n) is 6.14. The molecule has 0 aromatic heterocycles. The fraction of sp³-hybridized carbons (Fsp3) is 0.682.